The molecule has 0 heterocycles. The molecule has 0 aromatic rings. The van der Waals surface area contributed by atoms with Gasteiger partial charge in [-0.2, -0.15) is 18.4 Å². The standard InChI is InChI=1S/C14H23F3N2O/c1-2-19-13(11-18)7-3-5-12(13)6-10-20-9-4-8-14(15,16)17/h12,19H,2-10H2,1H3. The highest BCUT2D eigenvalue weighted by Crippen LogP contribution is 2.37. The van der Waals surface area contributed by atoms with Gasteiger partial charge in [-0.25, -0.2) is 0 Å². The van der Waals surface area contributed by atoms with Crippen LogP contribution in [0.5, 0.6) is 0 Å². The largest absolute Gasteiger partial charge is 0.389 e. The van der Waals surface area contributed by atoms with E-state index in [1.54, 1.807) is 0 Å². The van der Waals surface area contributed by atoms with E-state index in [9.17, 15) is 18.4 Å². The number of alkyl halides is 3. The van der Waals surface area contributed by atoms with Gasteiger partial charge in [-0.3, -0.25) is 5.32 Å². The molecule has 1 rings (SSSR count). The van der Waals surface area contributed by atoms with Crippen LogP contribution in [0, 0.1) is 17.2 Å². The highest BCUT2D eigenvalue weighted by molar-refractivity contribution is 5.13. The summed E-state index contributed by atoms with van der Waals surface area (Å²) < 4.78 is 41.1. The average Bonchev–Trinajstić information content (AvgIpc) is 2.76. The fourth-order valence-electron chi connectivity index (χ4n) is 2.91. The van der Waals surface area contributed by atoms with Crippen LogP contribution in [0.3, 0.4) is 0 Å². The smallest absolute Gasteiger partial charge is 0.381 e. The Hall–Kier alpha value is -0.800. The first-order chi connectivity index (χ1) is 9.43. The van der Waals surface area contributed by atoms with Crippen molar-refractivity contribution < 1.29 is 17.9 Å². The topological polar surface area (TPSA) is 45.0 Å². The fraction of sp³-hybridized carbons (Fsp3) is 0.929. The fourth-order valence-corrected chi connectivity index (χ4v) is 2.91. The van der Waals surface area contributed by atoms with Crippen LogP contribution in [0.25, 0.3) is 0 Å². The number of halogens is 3. The molecule has 0 spiro atoms. The Morgan fingerprint density at radius 1 is 1.40 bits per heavy atom. The number of ether oxygens (including phenoxy) is 1. The van der Waals surface area contributed by atoms with E-state index in [2.05, 4.69) is 11.4 Å². The molecule has 0 aliphatic heterocycles. The molecule has 1 saturated carbocycles. The Labute approximate surface area is 118 Å². The molecular weight excluding hydrogens is 269 g/mol. The van der Waals surface area contributed by atoms with Crippen LogP contribution in [0.1, 0.15) is 45.4 Å². The minimum Gasteiger partial charge on any atom is -0.381 e. The lowest BCUT2D eigenvalue weighted by atomic mass is 9.86. The second-order valence-corrected chi connectivity index (χ2v) is 5.32. The Morgan fingerprint density at radius 3 is 2.75 bits per heavy atom. The zero-order chi connectivity index (χ0) is 15.1. The number of rotatable bonds is 8. The van der Waals surface area contributed by atoms with Crippen molar-refractivity contribution in [3.63, 3.8) is 0 Å². The van der Waals surface area contributed by atoms with Crippen molar-refractivity contribution in [1.29, 1.82) is 5.26 Å². The normalized spacial score (nSPS) is 26.6. The SMILES string of the molecule is CCNC1(C#N)CCCC1CCOCCCC(F)(F)F. The molecule has 0 bridgehead atoms. The molecule has 2 atom stereocenters. The quantitative estimate of drug-likeness (QED) is 0.697. The maximum Gasteiger partial charge on any atom is 0.389 e. The third-order valence-electron chi connectivity index (χ3n) is 3.87. The first-order valence-corrected chi connectivity index (χ1v) is 7.24. The minimum absolute atomic E-state index is 0.00473. The summed E-state index contributed by atoms with van der Waals surface area (Å²) in [7, 11) is 0. The van der Waals surface area contributed by atoms with Gasteiger partial charge in [0.15, 0.2) is 0 Å². The summed E-state index contributed by atoms with van der Waals surface area (Å²) in [5, 5.41) is 12.6. The molecule has 1 aliphatic carbocycles. The van der Waals surface area contributed by atoms with Crippen molar-refractivity contribution >= 4 is 0 Å². The van der Waals surface area contributed by atoms with Gasteiger partial charge in [0.05, 0.1) is 6.07 Å². The summed E-state index contributed by atoms with van der Waals surface area (Å²) in [4.78, 5) is 0. The van der Waals surface area contributed by atoms with Gasteiger partial charge in [0.25, 0.3) is 0 Å². The predicted octanol–water partition coefficient (Wildman–Crippen LogP) is 3.41. The van der Waals surface area contributed by atoms with Crippen LogP contribution in [0.2, 0.25) is 0 Å². The zero-order valence-corrected chi connectivity index (χ0v) is 11.9. The highest BCUT2D eigenvalue weighted by atomic mass is 19.4. The van der Waals surface area contributed by atoms with E-state index < -0.39 is 18.1 Å². The number of hydrogen-bond donors (Lipinski definition) is 1. The summed E-state index contributed by atoms with van der Waals surface area (Å²) in [6, 6.07) is 2.38. The van der Waals surface area contributed by atoms with Crippen molar-refractivity contribution in [3.8, 4) is 6.07 Å². The van der Waals surface area contributed by atoms with E-state index >= 15 is 0 Å². The van der Waals surface area contributed by atoms with Crippen LogP contribution in [-0.2, 0) is 4.74 Å². The Morgan fingerprint density at radius 2 is 2.15 bits per heavy atom. The van der Waals surface area contributed by atoms with Crippen molar-refractivity contribution in [1.82, 2.24) is 5.32 Å². The molecule has 1 aliphatic rings. The van der Waals surface area contributed by atoms with E-state index in [1.165, 1.54) is 0 Å². The molecule has 2 unspecified atom stereocenters. The molecule has 0 amide bonds. The van der Waals surface area contributed by atoms with Gasteiger partial charge < -0.3 is 4.74 Å². The average molecular weight is 292 g/mol. The molecule has 0 radical (unpaired) electrons. The number of hydrogen-bond acceptors (Lipinski definition) is 3. The summed E-state index contributed by atoms with van der Waals surface area (Å²) in [5.74, 6) is 0.232. The third kappa shape index (κ3) is 5.29. The lowest BCUT2D eigenvalue weighted by Gasteiger charge is -2.29. The summed E-state index contributed by atoms with van der Waals surface area (Å²) in [5.41, 5.74) is -0.468. The van der Waals surface area contributed by atoms with E-state index in [-0.39, 0.29) is 18.9 Å². The summed E-state index contributed by atoms with van der Waals surface area (Å²) in [6.07, 6.45) is -1.33. The van der Waals surface area contributed by atoms with Crippen molar-refractivity contribution in [2.24, 2.45) is 5.92 Å². The van der Waals surface area contributed by atoms with Crippen LogP contribution in [0.15, 0.2) is 0 Å². The van der Waals surface area contributed by atoms with Gasteiger partial charge in [0.2, 0.25) is 0 Å². The maximum absolute atomic E-state index is 11.9. The van der Waals surface area contributed by atoms with Crippen LogP contribution < -0.4 is 5.32 Å². The van der Waals surface area contributed by atoms with E-state index in [1.807, 2.05) is 6.92 Å². The molecule has 0 aromatic carbocycles. The Kier molecular flexibility index (Phi) is 6.77. The van der Waals surface area contributed by atoms with Crippen molar-refractivity contribution in [2.75, 3.05) is 19.8 Å². The van der Waals surface area contributed by atoms with E-state index in [4.69, 9.17) is 4.74 Å². The molecule has 1 fully saturated rings. The van der Waals surface area contributed by atoms with Gasteiger partial charge in [0, 0.05) is 19.6 Å². The minimum atomic E-state index is -4.10. The highest BCUT2D eigenvalue weighted by Gasteiger charge is 2.42. The summed E-state index contributed by atoms with van der Waals surface area (Å²) in [6.45, 7) is 3.28. The van der Waals surface area contributed by atoms with Crippen LogP contribution in [0.4, 0.5) is 13.2 Å². The number of nitriles is 1. The second-order valence-electron chi connectivity index (χ2n) is 5.32. The molecule has 3 nitrogen and oxygen atoms in total. The second kappa shape index (κ2) is 7.84. The molecule has 6 heteroatoms. The van der Waals surface area contributed by atoms with Crippen molar-refractivity contribution in [2.45, 2.75) is 57.2 Å². The molecule has 0 saturated heterocycles. The first kappa shape index (κ1) is 17.3. The number of nitrogens with one attached hydrogen (secondary N) is 1. The first-order valence-electron chi connectivity index (χ1n) is 7.24. The third-order valence-corrected chi connectivity index (χ3v) is 3.87. The van der Waals surface area contributed by atoms with Crippen LogP contribution >= 0.6 is 0 Å². The molecule has 116 valence electrons. The van der Waals surface area contributed by atoms with Crippen molar-refractivity contribution in [3.05, 3.63) is 0 Å². The molecule has 20 heavy (non-hydrogen) atoms. The Bertz CT molecular complexity index is 327. The number of nitrogens with zero attached hydrogens (tertiary/aromatic N) is 1. The molecule has 0 aromatic heterocycles. The lowest BCUT2D eigenvalue weighted by Crippen LogP contribution is -2.47. The Balaban J connectivity index is 2.23. The molecule has 1 N–H and O–H groups in total. The van der Waals surface area contributed by atoms with Gasteiger partial charge in [-0.05, 0) is 38.1 Å². The van der Waals surface area contributed by atoms with Gasteiger partial charge in [-0.1, -0.05) is 13.3 Å². The van der Waals surface area contributed by atoms with E-state index in [0.29, 0.717) is 6.61 Å². The predicted molar refractivity (Wildman–Crippen MR) is 70.1 cm³/mol. The van der Waals surface area contributed by atoms with Gasteiger partial charge >= 0.3 is 6.18 Å². The molecular formula is C14H23F3N2O. The van der Waals surface area contributed by atoms with Gasteiger partial charge in [0.1, 0.15) is 5.54 Å². The zero-order valence-electron chi connectivity index (χ0n) is 11.9. The monoisotopic (exact) mass is 292 g/mol. The maximum atomic E-state index is 11.9. The summed E-state index contributed by atoms with van der Waals surface area (Å²) >= 11 is 0. The van der Waals surface area contributed by atoms with E-state index in [0.717, 1.165) is 32.2 Å². The van der Waals surface area contributed by atoms with Gasteiger partial charge in [-0.15, -0.1) is 0 Å². The lowest BCUT2D eigenvalue weighted by molar-refractivity contribution is -0.137. The van der Waals surface area contributed by atoms with Crippen LogP contribution in [-0.4, -0.2) is 31.5 Å².